The number of carbonyl (C=O) groups is 2. The second-order valence-electron chi connectivity index (χ2n) is 7.18. The molecule has 5 nitrogen and oxygen atoms in total. The zero-order valence-corrected chi connectivity index (χ0v) is 15.6. The zero-order chi connectivity index (χ0) is 19.7. The number of nitrogens with one attached hydrogen (secondary N) is 3. The number of aromatic nitrogens is 1. The van der Waals surface area contributed by atoms with E-state index in [4.69, 9.17) is 0 Å². The molecule has 0 bridgehead atoms. The summed E-state index contributed by atoms with van der Waals surface area (Å²) in [5.74, 6) is -0.537. The molecular weight excluding hydrogens is 357 g/mol. The van der Waals surface area contributed by atoms with Crippen LogP contribution >= 0.6 is 0 Å². The highest BCUT2D eigenvalue weighted by Crippen LogP contribution is 2.33. The molecule has 1 aromatic heterocycles. The van der Waals surface area contributed by atoms with Gasteiger partial charge in [-0.3, -0.25) is 9.59 Å². The van der Waals surface area contributed by atoms with E-state index in [1.54, 1.807) is 6.07 Å². The summed E-state index contributed by atoms with van der Waals surface area (Å²) in [6, 6.07) is 12.2. The number of aromatic amines is 1. The summed E-state index contributed by atoms with van der Waals surface area (Å²) in [4.78, 5) is 27.5. The summed E-state index contributed by atoms with van der Waals surface area (Å²) in [6.07, 6.45) is 1.42. The van der Waals surface area contributed by atoms with Gasteiger partial charge >= 0.3 is 0 Å². The number of halogens is 1. The minimum atomic E-state index is -0.436. The Kier molecular flexibility index (Phi) is 4.86. The van der Waals surface area contributed by atoms with Gasteiger partial charge in [0, 0.05) is 35.1 Å². The Labute approximate surface area is 162 Å². The van der Waals surface area contributed by atoms with Crippen LogP contribution in [0.2, 0.25) is 0 Å². The fourth-order valence-electron chi connectivity index (χ4n) is 3.83. The third-order valence-corrected chi connectivity index (χ3v) is 5.26. The van der Waals surface area contributed by atoms with Crippen molar-refractivity contribution >= 4 is 22.7 Å². The molecule has 1 fully saturated rings. The average molecular weight is 379 g/mol. The predicted molar refractivity (Wildman–Crippen MR) is 106 cm³/mol. The van der Waals surface area contributed by atoms with E-state index in [1.807, 2.05) is 31.2 Å². The van der Waals surface area contributed by atoms with Crippen molar-refractivity contribution in [2.24, 2.45) is 0 Å². The molecule has 0 radical (unpaired) electrons. The first kappa shape index (κ1) is 18.2. The first-order chi connectivity index (χ1) is 13.5. The molecule has 3 N–H and O–H groups in total. The second kappa shape index (κ2) is 7.46. The van der Waals surface area contributed by atoms with Crippen LogP contribution in [0.3, 0.4) is 0 Å². The van der Waals surface area contributed by atoms with E-state index in [-0.39, 0.29) is 24.1 Å². The van der Waals surface area contributed by atoms with Crippen LogP contribution in [-0.2, 0) is 16.0 Å². The summed E-state index contributed by atoms with van der Waals surface area (Å²) in [6.45, 7) is 2.47. The topological polar surface area (TPSA) is 74.0 Å². The van der Waals surface area contributed by atoms with E-state index >= 15 is 0 Å². The number of carbonyl (C=O) groups excluding carboxylic acids is 2. The number of amides is 2. The number of aryl methyl sites for hydroxylation is 2. The van der Waals surface area contributed by atoms with Crippen LogP contribution in [0.25, 0.3) is 22.2 Å². The van der Waals surface area contributed by atoms with E-state index < -0.39 is 6.04 Å². The fraction of sp³-hybridized carbons (Fsp3) is 0.273. The molecule has 0 saturated carbocycles. The van der Waals surface area contributed by atoms with Crippen LogP contribution in [0.1, 0.15) is 24.0 Å². The number of rotatable bonds is 5. The van der Waals surface area contributed by atoms with Crippen molar-refractivity contribution in [2.75, 3.05) is 6.54 Å². The van der Waals surface area contributed by atoms with Crippen molar-refractivity contribution in [3.05, 3.63) is 59.4 Å². The molecule has 1 saturated heterocycles. The molecule has 0 spiro atoms. The molecule has 1 aliphatic rings. The van der Waals surface area contributed by atoms with Gasteiger partial charge in [-0.15, -0.1) is 0 Å². The average Bonchev–Trinajstić information content (AvgIpc) is 3.23. The molecule has 0 aliphatic carbocycles. The van der Waals surface area contributed by atoms with Crippen LogP contribution in [-0.4, -0.2) is 29.4 Å². The molecule has 2 heterocycles. The maximum absolute atomic E-state index is 13.6. The van der Waals surface area contributed by atoms with Gasteiger partial charge in [0.15, 0.2) is 0 Å². The Bertz CT molecular complexity index is 1060. The van der Waals surface area contributed by atoms with E-state index in [1.165, 1.54) is 12.1 Å². The van der Waals surface area contributed by atoms with Gasteiger partial charge < -0.3 is 15.6 Å². The standard InChI is InChI=1S/C22H22FN3O2/c1-13-12-14(23)6-7-15(13)21-17(16-4-2-3-5-18(16)26-21)8-9-20(27)25-19-10-11-24-22(19)28/h2-7,12,19,26H,8-11H2,1H3,(H,24,28)(H,25,27). The normalized spacial score (nSPS) is 16.4. The SMILES string of the molecule is Cc1cc(F)ccc1-c1[nH]c2ccccc2c1CCC(=O)NC1CCNC1=O. The minimum absolute atomic E-state index is 0.122. The molecule has 1 atom stereocenters. The molecule has 28 heavy (non-hydrogen) atoms. The molecule has 3 aromatic rings. The van der Waals surface area contributed by atoms with E-state index in [0.29, 0.717) is 19.4 Å². The van der Waals surface area contributed by atoms with Crippen molar-refractivity contribution in [3.63, 3.8) is 0 Å². The highest BCUT2D eigenvalue weighted by Gasteiger charge is 2.25. The molecule has 144 valence electrons. The van der Waals surface area contributed by atoms with E-state index in [9.17, 15) is 14.0 Å². The van der Waals surface area contributed by atoms with E-state index in [0.717, 1.165) is 33.3 Å². The lowest BCUT2D eigenvalue weighted by atomic mass is 9.98. The third-order valence-electron chi connectivity index (χ3n) is 5.26. The summed E-state index contributed by atoms with van der Waals surface area (Å²) in [5, 5.41) is 6.58. The summed E-state index contributed by atoms with van der Waals surface area (Å²) in [5.41, 5.74) is 4.66. The number of hydrogen-bond acceptors (Lipinski definition) is 2. The smallest absolute Gasteiger partial charge is 0.242 e. The highest BCUT2D eigenvalue weighted by atomic mass is 19.1. The summed E-state index contributed by atoms with van der Waals surface area (Å²) in [7, 11) is 0. The van der Waals surface area contributed by atoms with Gasteiger partial charge in [-0.05, 0) is 55.2 Å². The first-order valence-electron chi connectivity index (χ1n) is 9.46. The number of benzene rings is 2. The Morgan fingerprint density at radius 1 is 1.25 bits per heavy atom. The van der Waals surface area contributed by atoms with Gasteiger partial charge in [0.1, 0.15) is 11.9 Å². The molecule has 1 aliphatic heterocycles. The van der Waals surface area contributed by atoms with Crippen molar-refractivity contribution in [3.8, 4) is 11.3 Å². The van der Waals surface area contributed by atoms with Gasteiger partial charge in [-0.2, -0.15) is 0 Å². The zero-order valence-electron chi connectivity index (χ0n) is 15.6. The lowest BCUT2D eigenvalue weighted by molar-refractivity contribution is -0.127. The van der Waals surface area contributed by atoms with Crippen LogP contribution < -0.4 is 10.6 Å². The van der Waals surface area contributed by atoms with Crippen LogP contribution in [0.15, 0.2) is 42.5 Å². The summed E-state index contributed by atoms with van der Waals surface area (Å²) >= 11 is 0. The van der Waals surface area contributed by atoms with Crippen molar-refractivity contribution in [2.45, 2.75) is 32.2 Å². The van der Waals surface area contributed by atoms with Crippen molar-refractivity contribution in [1.82, 2.24) is 15.6 Å². The van der Waals surface area contributed by atoms with Crippen LogP contribution in [0, 0.1) is 12.7 Å². The summed E-state index contributed by atoms with van der Waals surface area (Å²) < 4.78 is 13.6. The number of fused-ring (bicyclic) bond motifs is 1. The monoisotopic (exact) mass is 379 g/mol. The predicted octanol–water partition coefficient (Wildman–Crippen LogP) is 3.22. The van der Waals surface area contributed by atoms with Crippen molar-refractivity contribution < 1.29 is 14.0 Å². The van der Waals surface area contributed by atoms with Crippen LogP contribution in [0.4, 0.5) is 4.39 Å². The van der Waals surface area contributed by atoms with Gasteiger partial charge in [0.05, 0.1) is 0 Å². The lowest BCUT2D eigenvalue weighted by Crippen LogP contribution is -2.40. The number of para-hydroxylation sites is 1. The Morgan fingerprint density at radius 3 is 2.82 bits per heavy atom. The maximum Gasteiger partial charge on any atom is 0.242 e. The Balaban J connectivity index is 1.62. The van der Waals surface area contributed by atoms with Gasteiger partial charge in [0.25, 0.3) is 0 Å². The van der Waals surface area contributed by atoms with Gasteiger partial charge in [-0.25, -0.2) is 4.39 Å². The molecule has 2 amide bonds. The second-order valence-corrected chi connectivity index (χ2v) is 7.18. The van der Waals surface area contributed by atoms with E-state index in [2.05, 4.69) is 15.6 Å². The van der Waals surface area contributed by atoms with Gasteiger partial charge in [0.2, 0.25) is 11.8 Å². The van der Waals surface area contributed by atoms with Crippen molar-refractivity contribution in [1.29, 1.82) is 0 Å². The third kappa shape index (κ3) is 3.50. The van der Waals surface area contributed by atoms with Crippen LogP contribution in [0.5, 0.6) is 0 Å². The van der Waals surface area contributed by atoms with Gasteiger partial charge in [-0.1, -0.05) is 18.2 Å². The minimum Gasteiger partial charge on any atom is -0.354 e. The highest BCUT2D eigenvalue weighted by molar-refractivity contribution is 5.92. The molecule has 4 rings (SSSR count). The first-order valence-corrected chi connectivity index (χ1v) is 9.46. The Morgan fingerprint density at radius 2 is 2.07 bits per heavy atom. The largest absolute Gasteiger partial charge is 0.354 e. The molecular formula is C22H22FN3O2. The number of H-pyrrole nitrogens is 1. The molecule has 6 heteroatoms. The quantitative estimate of drug-likeness (QED) is 0.637. The lowest BCUT2D eigenvalue weighted by Gasteiger charge is -2.11. The molecule has 2 aromatic carbocycles. The number of hydrogen-bond donors (Lipinski definition) is 3. The molecule has 1 unspecified atom stereocenters. The Hall–Kier alpha value is -3.15. The maximum atomic E-state index is 13.6. The fourth-order valence-corrected chi connectivity index (χ4v) is 3.83.